The number of aliphatic imine (C=N–C) groups is 2. The van der Waals surface area contributed by atoms with Gasteiger partial charge >= 0.3 is 11.9 Å². The molecular weight excluding hydrogens is 961 g/mol. The lowest BCUT2D eigenvalue weighted by molar-refractivity contribution is -0.141. The maximum absolute atomic E-state index is 14.0. The first kappa shape index (κ1) is 58.8. The highest BCUT2D eigenvalue weighted by Crippen LogP contribution is 2.19. The number of rotatable bonds is 32. The number of aromatic nitrogens is 1. The van der Waals surface area contributed by atoms with Gasteiger partial charge in [-0.05, 0) is 43.7 Å². The van der Waals surface area contributed by atoms with Crippen LogP contribution in [0.5, 0.6) is 0 Å². The van der Waals surface area contributed by atoms with Crippen molar-refractivity contribution in [2.75, 3.05) is 31.1 Å². The SMILES string of the molecule is NC(=O)C[C@H](NC(=O)[C@@H](N)CCCN=C(N)N)C(=O)N[C@@H](CCC(=O)O)C(=O)N[C@@H](Cc1c[nH]c2ccccc12)C(=O)NCC(=O)N[C@@H](CS)C(=O)N[C@@H](CCCN=C(N)N)C(=O)N[C@@H](CS)C(=O)O. The molecule has 0 saturated heterocycles. The van der Waals surface area contributed by atoms with Gasteiger partial charge in [0.2, 0.25) is 47.3 Å². The number of H-pyrrole nitrogens is 1. The summed E-state index contributed by atoms with van der Waals surface area (Å²) in [5, 5.41) is 36.1. The monoisotopic (exact) mass is 1020 g/mol. The maximum atomic E-state index is 14.0. The van der Waals surface area contributed by atoms with E-state index in [2.05, 4.69) is 77.4 Å². The minimum atomic E-state index is -1.69. The second-order valence-corrected chi connectivity index (χ2v) is 16.2. The number of aromatic amines is 1. The molecule has 28 nitrogen and oxygen atoms in total. The first-order chi connectivity index (χ1) is 33.1. The number of aliphatic carboxylic acids is 2. The Morgan fingerprint density at radius 1 is 0.614 bits per heavy atom. The molecule has 0 unspecified atom stereocenters. The predicted octanol–water partition coefficient (Wildman–Crippen LogP) is -6.15. The van der Waals surface area contributed by atoms with Gasteiger partial charge in [0, 0.05) is 54.5 Å². The highest BCUT2D eigenvalue weighted by atomic mass is 32.1. The van der Waals surface area contributed by atoms with Crippen molar-refractivity contribution in [2.24, 2.45) is 44.4 Å². The number of nitrogens with one attached hydrogen (secondary N) is 8. The average Bonchev–Trinajstić information content (AvgIpc) is 3.71. The zero-order chi connectivity index (χ0) is 52.5. The normalized spacial score (nSPS) is 13.8. The summed E-state index contributed by atoms with van der Waals surface area (Å²) in [6, 6.07) is -3.26. The van der Waals surface area contributed by atoms with Crippen molar-refractivity contribution in [2.45, 2.75) is 93.7 Å². The number of thiol groups is 2. The van der Waals surface area contributed by atoms with Crippen molar-refractivity contribution in [1.29, 1.82) is 0 Å². The van der Waals surface area contributed by atoms with Crippen LogP contribution in [0.2, 0.25) is 0 Å². The fourth-order valence-corrected chi connectivity index (χ4v) is 6.89. The van der Waals surface area contributed by atoms with Gasteiger partial charge in [0.1, 0.15) is 36.3 Å². The van der Waals surface area contributed by atoms with Gasteiger partial charge in [-0.3, -0.25) is 53.1 Å². The molecule has 1 aromatic carbocycles. The molecule has 0 aliphatic carbocycles. The van der Waals surface area contributed by atoms with Gasteiger partial charge in [-0.15, -0.1) is 0 Å². The summed E-state index contributed by atoms with van der Waals surface area (Å²) < 4.78 is 0. The molecule has 8 amide bonds. The van der Waals surface area contributed by atoms with E-state index in [0.29, 0.717) is 16.5 Å². The first-order valence-electron chi connectivity index (χ1n) is 21.5. The minimum absolute atomic E-state index is 0.0560. The van der Waals surface area contributed by atoms with Crippen LogP contribution in [0, 0.1) is 0 Å². The van der Waals surface area contributed by atoms with E-state index in [9.17, 15) is 58.2 Å². The van der Waals surface area contributed by atoms with E-state index in [0.717, 1.165) is 0 Å². The van der Waals surface area contributed by atoms with Gasteiger partial charge in [0.25, 0.3) is 0 Å². The molecule has 0 aliphatic heterocycles. The second-order valence-electron chi connectivity index (χ2n) is 15.5. The number of hydrogen-bond donors (Lipinski definition) is 18. The lowest BCUT2D eigenvalue weighted by atomic mass is 10.0. The van der Waals surface area contributed by atoms with Crippen LogP contribution in [0.1, 0.15) is 50.5 Å². The smallest absolute Gasteiger partial charge is 0.327 e. The maximum Gasteiger partial charge on any atom is 0.327 e. The van der Waals surface area contributed by atoms with Crippen molar-refractivity contribution in [3.05, 3.63) is 36.0 Å². The van der Waals surface area contributed by atoms with Crippen LogP contribution >= 0.6 is 25.3 Å². The van der Waals surface area contributed by atoms with E-state index >= 15 is 0 Å². The van der Waals surface area contributed by atoms with Crippen molar-refractivity contribution < 1.29 is 58.2 Å². The van der Waals surface area contributed by atoms with Gasteiger partial charge in [-0.1, -0.05) is 18.2 Å². The molecule has 70 heavy (non-hydrogen) atoms. The largest absolute Gasteiger partial charge is 0.481 e. The summed E-state index contributed by atoms with van der Waals surface area (Å²) in [7, 11) is 0. The molecule has 0 radical (unpaired) electrons. The quantitative estimate of drug-likeness (QED) is 0.0140. The molecule has 22 N–H and O–H groups in total. The van der Waals surface area contributed by atoms with Gasteiger partial charge in [-0.2, -0.15) is 25.3 Å². The Hall–Kier alpha value is -7.34. The molecule has 0 aliphatic rings. The Bertz CT molecular complexity index is 2240. The van der Waals surface area contributed by atoms with E-state index in [1.807, 2.05) is 0 Å². The number of carbonyl (C=O) groups is 10. The molecule has 0 fully saturated rings. The Morgan fingerprint density at radius 2 is 1.13 bits per heavy atom. The highest BCUT2D eigenvalue weighted by Gasteiger charge is 2.33. The number of hydrogen-bond acceptors (Lipinski definition) is 15. The van der Waals surface area contributed by atoms with Crippen molar-refractivity contribution in [3.8, 4) is 0 Å². The molecule has 7 atom stereocenters. The van der Waals surface area contributed by atoms with E-state index in [1.165, 1.54) is 0 Å². The summed E-state index contributed by atoms with van der Waals surface area (Å²) >= 11 is 8.07. The molecule has 386 valence electrons. The van der Waals surface area contributed by atoms with E-state index in [1.54, 1.807) is 30.5 Å². The summed E-state index contributed by atoms with van der Waals surface area (Å²) in [5.74, 6) is -11.5. The molecular formula is C40H62N16O12S2. The van der Waals surface area contributed by atoms with Crippen LogP contribution in [0.25, 0.3) is 10.9 Å². The number of para-hydroxylation sites is 1. The zero-order valence-electron chi connectivity index (χ0n) is 37.9. The van der Waals surface area contributed by atoms with Crippen LogP contribution in [0.3, 0.4) is 0 Å². The third kappa shape index (κ3) is 21.3. The van der Waals surface area contributed by atoms with Gasteiger partial charge in [-0.25, -0.2) is 4.79 Å². The Morgan fingerprint density at radius 3 is 1.69 bits per heavy atom. The molecule has 2 aromatic rings. The fraction of sp³-hybridized carbons (Fsp3) is 0.500. The topological polar surface area (TPSA) is 492 Å². The molecule has 0 spiro atoms. The van der Waals surface area contributed by atoms with E-state index in [-0.39, 0.29) is 68.6 Å². The summed E-state index contributed by atoms with van der Waals surface area (Å²) in [4.78, 5) is 140. The van der Waals surface area contributed by atoms with Crippen LogP contribution in [0.4, 0.5) is 0 Å². The average molecular weight is 1020 g/mol. The molecule has 30 heteroatoms. The predicted molar refractivity (Wildman–Crippen MR) is 260 cm³/mol. The lowest BCUT2D eigenvalue weighted by Gasteiger charge is -2.25. The van der Waals surface area contributed by atoms with E-state index in [4.69, 9.17) is 34.4 Å². The molecule has 1 heterocycles. The highest BCUT2D eigenvalue weighted by molar-refractivity contribution is 7.80. The lowest BCUT2D eigenvalue weighted by Crippen LogP contribution is -2.59. The number of amides is 8. The number of carbonyl (C=O) groups excluding carboxylic acids is 8. The van der Waals surface area contributed by atoms with Crippen LogP contribution in [-0.4, -0.2) is 160 Å². The number of benzene rings is 1. The number of primary amides is 1. The third-order valence-corrected chi connectivity index (χ3v) is 10.7. The van der Waals surface area contributed by atoms with Crippen molar-refractivity contribution in [3.63, 3.8) is 0 Å². The number of nitrogens with zero attached hydrogens (tertiary/aromatic N) is 2. The summed E-state index contributed by atoms with van der Waals surface area (Å²) in [5.41, 5.74) is 33.8. The molecule has 0 bridgehead atoms. The molecule has 2 rings (SSSR count). The third-order valence-electron chi connectivity index (χ3n) is 9.99. The number of carboxylic acid groups (broad SMARTS) is 2. The van der Waals surface area contributed by atoms with Gasteiger partial charge < -0.3 is 86.8 Å². The Kier molecular flexibility index (Phi) is 25.4. The number of fused-ring (bicyclic) bond motifs is 1. The Labute approximate surface area is 411 Å². The number of guanidine groups is 2. The van der Waals surface area contributed by atoms with Crippen LogP contribution in [-0.2, 0) is 54.4 Å². The number of carboxylic acids is 2. The minimum Gasteiger partial charge on any atom is -0.481 e. The van der Waals surface area contributed by atoms with Gasteiger partial charge in [0.05, 0.1) is 19.0 Å². The van der Waals surface area contributed by atoms with Crippen LogP contribution < -0.4 is 71.6 Å². The first-order valence-corrected chi connectivity index (χ1v) is 22.8. The standard InChI is InChI=1S/C40H62N16O12S2/c41-21(6-3-11-47-39(43)44)32(61)54-26(14-29(42)57)36(65)53-24(9-10-31(59)60)35(64)55-25(13-19-15-49-22-7-2-1-5-20(19)22)33(62)50-16-30(58)51-27(17-69)37(66)52-23(8-4-12-48-40(45)46)34(63)56-28(18-70)38(67)68/h1-2,5,7,15,21,23-28,49,69-70H,3-4,6,8-14,16-18,41H2,(H2,42,57)(H,50,62)(H,51,58)(H,52,66)(H,53,65)(H,54,61)(H,55,64)(H,56,63)(H,59,60)(H,67,68)(H4,43,44,47)(H4,45,46,48)/t21-,23-,24-,25-,26-,27-,28-/m0/s1. The Balaban J connectivity index is 2.32. The summed E-state index contributed by atoms with van der Waals surface area (Å²) in [6.07, 6.45) is -0.204. The molecule has 1 aromatic heterocycles. The van der Waals surface area contributed by atoms with Crippen molar-refractivity contribution >= 4 is 107 Å². The second kappa shape index (κ2) is 30.2. The van der Waals surface area contributed by atoms with Gasteiger partial charge in [0.15, 0.2) is 11.9 Å². The van der Waals surface area contributed by atoms with Crippen molar-refractivity contribution in [1.82, 2.24) is 42.2 Å². The van der Waals surface area contributed by atoms with E-state index < -0.39 is 127 Å². The number of nitrogens with two attached hydrogens (primary N) is 6. The zero-order valence-corrected chi connectivity index (χ0v) is 39.6. The van der Waals surface area contributed by atoms with Crippen LogP contribution in [0.15, 0.2) is 40.4 Å². The summed E-state index contributed by atoms with van der Waals surface area (Å²) in [6.45, 7) is -0.589. The fourth-order valence-electron chi connectivity index (χ4n) is 6.38. The molecule has 0 saturated carbocycles.